The summed E-state index contributed by atoms with van der Waals surface area (Å²) in [5, 5.41) is 6.45. The molecule has 1 aromatic rings. The fourth-order valence-corrected chi connectivity index (χ4v) is 1.84. The molecule has 0 atom stereocenters. The van der Waals surface area contributed by atoms with Crippen LogP contribution in [-0.2, 0) is 15.9 Å². The average Bonchev–Trinajstić information content (AvgIpc) is 2.55. The van der Waals surface area contributed by atoms with E-state index in [1.807, 2.05) is 19.1 Å². The first kappa shape index (κ1) is 18.0. The Bertz CT molecular complexity index is 472. The molecule has 0 aliphatic rings. The lowest BCUT2D eigenvalue weighted by atomic mass is 10.1. The molecule has 0 fully saturated rings. The number of benzene rings is 1. The van der Waals surface area contributed by atoms with Crippen molar-refractivity contribution in [2.24, 2.45) is 4.99 Å². The van der Waals surface area contributed by atoms with E-state index in [1.165, 1.54) is 7.11 Å². The van der Waals surface area contributed by atoms with Crippen molar-refractivity contribution in [3.05, 3.63) is 35.4 Å². The predicted octanol–water partition coefficient (Wildman–Crippen LogP) is 1.22. The van der Waals surface area contributed by atoms with Gasteiger partial charge in [-0.15, -0.1) is 0 Å². The highest BCUT2D eigenvalue weighted by atomic mass is 16.5. The van der Waals surface area contributed by atoms with Gasteiger partial charge in [0.2, 0.25) is 0 Å². The van der Waals surface area contributed by atoms with Gasteiger partial charge in [-0.25, -0.2) is 4.79 Å². The molecule has 6 nitrogen and oxygen atoms in total. The van der Waals surface area contributed by atoms with Gasteiger partial charge in [-0.1, -0.05) is 12.1 Å². The van der Waals surface area contributed by atoms with Crippen LogP contribution in [0.4, 0.5) is 0 Å². The smallest absolute Gasteiger partial charge is 0.337 e. The topological polar surface area (TPSA) is 72.0 Å². The maximum Gasteiger partial charge on any atom is 0.337 e. The van der Waals surface area contributed by atoms with Gasteiger partial charge in [0.25, 0.3) is 0 Å². The summed E-state index contributed by atoms with van der Waals surface area (Å²) in [5.74, 6) is 0.468. The number of carbonyl (C=O) groups is 1. The molecule has 1 aromatic carbocycles. The number of ether oxygens (including phenoxy) is 2. The zero-order valence-electron chi connectivity index (χ0n) is 13.5. The Labute approximate surface area is 131 Å². The van der Waals surface area contributed by atoms with E-state index in [0.29, 0.717) is 18.7 Å². The fourth-order valence-electron chi connectivity index (χ4n) is 1.84. The summed E-state index contributed by atoms with van der Waals surface area (Å²) in [7, 11) is 3.04. The molecular formula is C16H25N3O3. The maximum atomic E-state index is 11.4. The largest absolute Gasteiger partial charge is 0.465 e. The predicted molar refractivity (Wildman–Crippen MR) is 87.3 cm³/mol. The van der Waals surface area contributed by atoms with E-state index in [9.17, 15) is 4.79 Å². The standard InChI is InChI=1S/C16H25N3O3/c1-4-17-16(19-11-12-21-2)18-10-9-13-5-7-14(8-6-13)15(20)22-3/h5-8H,4,9-12H2,1-3H3,(H2,17,18,19). The third-order valence-corrected chi connectivity index (χ3v) is 2.99. The zero-order valence-corrected chi connectivity index (χ0v) is 13.5. The van der Waals surface area contributed by atoms with Crippen LogP contribution in [0.15, 0.2) is 29.3 Å². The van der Waals surface area contributed by atoms with Crippen molar-refractivity contribution in [1.82, 2.24) is 10.6 Å². The van der Waals surface area contributed by atoms with Crippen molar-refractivity contribution in [1.29, 1.82) is 0 Å². The van der Waals surface area contributed by atoms with Crippen LogP contribution >= 0.6 is 0 Å². The lowest BCUT2D eigenvalue weighted by Gasteiger charge is -2.11. The molecule has 0 heterocycles. The summed E-state index contributed by atoms with van der Waals surface area (Å²) in [6.45, 7) is 4.83. The summed E-state index contributed by atoms with van der Waals surface area (Å²) < 4.78 is 9.66. The summed E-state index contributed by atoms with van der Waals surface area (Å²) in [6, 6.07) is 7.42. The first-order valence-electron chi connectivity index (χ1n) is 7.39. The van der Waals surface area contributed by atoms with Gasteiger partial charge in [0, 0.05) is 20.2 Å². The Morgan fingerprint density at radius 3 is 2.50 bits per heavy atom. The van der Waals surface area contributed by atoms with Crippen molar-refractivity contribution in [2.75, 3.05) is 40.5 Å². The molecule has 2 N–H and O–H groups in total. The molecule has 0 radical (unpaired) electrons. The molecule has 6 heteroatoms. The number of hydrogen-bond donors (Lipinski definition) is 2. The number of guanidine groups is 1. The van der Waals surface area contributed by atoms with Crippen LogP contribution in [-0.4, -0.2) is 52.4 Å². The van der Waals surface area contributed by atoms with Crippen LogP contribution in [0.2, 0.25) is 0 Å². The molecular weight excluding hydrogens is 282 g/mol. The van der Waals surface area contributed by atoms with Crippen molar-refractivity contribution in [3.63, 3.8) is 0 Å². The molecule has 0 unspecified atom stereocenters. The van der Waals surface area contributed by atoms with E-state index < -0.39 is 0 Å². The monoisotopic (exact) mass is 307 g/mol. The van der Waals surface area contributed by atoms with Gasteiger partial charge in [-0.05, 0) is 31.0 Å². The number of rotatable bonds is 8. The Morgan fingerprint density at radius 2 is 1.91 bits per heavy atom. The highest BCUT2D eigenvalue weighted by Gasteiger charge is 2.04. The van der Waals surface area contributed by atoms with Crippen molar-refractivity contribution in [2.45, 2.75) is 13.3 Å². The van der Waals surface area contributed by atoms with Gasteiger partial charge in [0.15, 0.2) is 5.96 Å². The SMILES string of the molecule is CCNC(=NCCOC)NCCc1ccc(C(=O)OC)cc1. The Hall–Kier alpha value is -2.08. The van der Waals surface area contributed by atoms with E-state index in [-0.39, 0.29) is 5.97 Å². The third-order valence-electron chi connectivity index (χ3n) is 2.99. The van der Waals surface area contributed by atoms with Crippen LogP contribution in [0.3, 0.4) is 0 Å². The van der Waals surface area contributed by atoms with E-state index >= 15 is 0 Å². The minimum absolute atomic E-state index is 0.315. The average molecular weight is 307 g/mol. The van der Waals surface area contributed by atoms with Crippen molar-refractivity contribution < 1.29 is 14.3 Å². The van der Waals surface area contributed by atoms with Crippen molar-refractivity contribution in [3.8, 4) is 0 Å². The number of aliphatic imine (C=N–C) groups is 1. The Balaban J connectivity index is 2.44. The second kappa shape index (κ2) is 10.6. The minimum Gasteiger partial charge on any atom is -0.465 e. The molecule has 22 heavy (non-hydrogen) atoms. The molecule has 0 aliphatic carbocycles. The lowest BCUT2D eigenvalue weighted by Crippen LogP contribution is -2.38. The molecule has 0 aliphatic heterocycles. The zero-order chi connectivity index (χ0) is 16.2. The van der Waals surface area contributed by atoms with Gasteiger partial charge in [0.1, 0.15) is 0 Å². The van der Waals surface area contributed by atoms with Crippen LogP contribution in [0.1, 0.15) is 22.8 Å². The van der Waals surface area contributed by atoms with Gasteiger partial charge < -0.3 is 20.1 Å². The molecule has 122 valence electrons. The molecule has 1 rings (SSSR count). The third kappa shape index (κ3) is 6.58. The normalized spacial score (nSPS) is 11.1. The fraction of sp³-hybridized carbons (Fsp3) is 0.500. The van der Waals surface area contributed by atoms with E-state index in [1.54, 1.807) is 19.2 Å². The first-order chi connectivity index (χ1) is 10.7. The molecule has 0 spiro atoms. The quantitative estimate of drug-likeness (QED) is 0.327. The van der Waals surface area contributed by atoms with E-state index in [0.717, 1.165) is 31.0 Å². The molecule has 0 amide bonds. The van der Waals surface area contributed by atoms with Crippen LogP contribution in [0.25, 0.3) is 0 Å². The summed E-state index contributed by atoms with van der Waals surface area (Å²) in [4.78, 5) is 15.7. The van der Waals surface area contributed by atoms with Crippen molar-refractivity contribution >= 4 is 11.9 Å². The van der Waals surface area contributed by atoms with Gasteiger partial charge in [-0.2, -0.15) is 0 Å². The lowest BCUT2D eigenvalue weighted by molar-refractivity contribution is 0.0600. The molecule has 0 saturated heterocycles. The molecule has 0 bridgehead atoms. The van der Waals surface area contributed by atoms with Gasteiger partial charge in [0.05, 0.1) is 25.8 Å². The number of methoxy groups -OCH3 is 2. The van der Waals surface area contributed by atoms with Gasteiger partial charge in [-0.3, -0.25) is 4.99 Å². The summed E-state index contributed by atoms with van der Waals surface area (Å²) in [5.41, 5.74) is 1.71. The van der Waals surface area contributed by atoms with Crippen LogP contribution < -0.4 is 10.6 Å². The molecule has 0 saturated carbocycles. The van der Waals surface area contributed by atoms with E-state index in [4.69, 9.17) is 4.74 Å². The summed E-state index contributed by atoms with van der Waals surface area (Å²) in [6.07, 6.45) is 0.843. The number of nitrogens with zero attached hydrogens (tertiary/aromatic N) is 1. The van der Waals surface area contributed by atoms with Crippen LogP contribution in [0, 0.1) is 0 Å². The second-order valence-electron chi connectivity index (χ2n) is 4.62. The van der Waals surface area contributed by atoms with Gasteiger partial charge >= 0.3 is 5.97 Å². The second-order valence-corrected chi connectivity index (χ2v) is 4.62. The highest BCUT2D eigenvalue weighted by molar-refractivity contribution is 5.89. The highest BCUT2D eigenvalue weighted by Crippen LogP contribution is 2.06. The first-order valence-corrected chi connectivity index (χ1v) is 7.39. The Morgan fingerprint density at radius 1 is 1.18 bits per heavy atom. The van der Waals surface area contributed by atoms with E-state index in [2.05, 4.69) is 20.4 Å². The van der Waals surface area contributed by atoms with Crippen LogP contribution in [0.5, 0.6) is 0 Å². The number of hydrogen-bond acceptors (Lipinski definition) is 4. The maximum absolute atomic E-state index is 11.4. The molecule has 0 aromatic heterocycles. The minimum atomic E-state index is -0.315. The summed E-state index contributed by atoms with van der Waals surface area (Å²) >= 11 is 0. The Kier molecular flexibility index (Phi) is 8.67. The number of carbonyl (C=O) groups excluding carboxylic acids is 1. The number of esters is 1. The number of nitrogens with one attached hydrogen (secondary N) is 2.